The first-order valence-corrected chi connectivity index (χ1v) is 2.04. The van der Waals surface area contributed by atoms with E-state index in [0.717, 1.165) is 0 Å². The SMILES string of the molecule is CC(C)(N)/C=N\O.Cl. The molecule has 0 atom stereocenters. The molecule has 4 heteroatoms. The normalized spacial score (nSPS) is 11.4. The van der Waals surface area contributed by atoms with Crippen LogP contribution in [0.15, 0.2) is 5.16 Å². The minimum absolute atomic E-state index is 0. The predicted octanol–water partition coefficient (Wildman–Crippen LogP) is 0.605. The van der Waals surface area contributed by atoms with Gasteiger partial charge in [0.2, 0.25) is 0 Å². The first kappa shape index (κ1) is 10.7. The molecule has 0 spiro atoms. The average molecular weight is 139 g/mol. The second kappa shape index (κ2) is 3.69. The van der Waals surface area contributed by atoms with E-state index in [1.165, 1.54) is 6.21 Å². The summed E-state index contributed by atoms with van der Waals surface area (Å²) < 4.78 is 0. The summed E-state index contributed by atoms with van der Waals surface area (Å²) in [5.41, 5.74) is 4.85. The van der Waals surface area contributed by atoms with Crippen molar-refractivity contribution in [3.05, 3.63) is 0 Å². The van der Waals surface area contributed by atoms with E-state index in [9.17, 15) is 0 Å². The van der Waals surface area contributed by atoms with Crippen LogP contribution in [0.5, 0.6) is 0 Å². The molecule has 0 amide bonds. The number of nitrogens with zero attached hydrogens (tertiary/aromatic N) is 1. The smallest absolute Gasteiger partial charge is 0.0629 e. The van der Waals surface area contributed by atoms with Gasteiger partial charge in [0.25, 0.3) is 0 Å². The van der Waals surface area contributed by atoms with Gasteiger partial charge in [0.1, 0.15) is 0 Å². The molecule has 0 rings (SSSR count). The fraction of sp³-hybridized carbons (Fsp3) is 0.750. The minimum atomic E-state index is -0.491. The topological polar surface area (TPSA) is 58.6 Å². The number of rotatable bonds is 1. The van der Waals surface area contributed by atoms with Crippen LogP contribution in [0.25, 0.3) is 0 Å². The maximum atomic E-state index is 7.89. The third-order valence-corrected chi connectivity index (χ3v) is 0.390. The maximum Gasteiger partial charge on any atom is 0.0629 e. The van der Waals surface area contributed by atoms with Crippen molar-refractivity contribution in [1.82, 2.24) is 0 Å². The molecule has 0 aliphatic carbocycles. The van der Waals surface area contributed by atoms with Crippen LogP contribution in [-0.4, -0.2) is 17.0 Å². The Labute approximate surface area is 55.0 Å². The molecular weight excluding hydrogens is 128 g/mol. The van der Waals surface area contributed by atoms with E-state index >= 15 is 0 Å². The zero-order valence-electron chi connectivity index (χ0n) is 4.96. The first-order chi connectivity index (χ1) is 3.06. The fourth-order valence-electron chi connectivity index (χ4n) is 0.149. The Balaban J connectivity index is 0. The lowest BCUT2D eigenvalue weighted by Gasteiger charge is -2.07. The summed E-state index contributed by atoms with van der Waals surface area (Å²) in [7, 11) is 0. The van der Waals surface area contributed by atoms with Gasteiger partial charge in [-0.25, -0.2) is 0 Å². The standard InChI is InChI=1S/C4H10N2O.ClH/c1-4(2,5)3-6-7;/h3,7H,5H2,1-2H3;1H/b6-3-;. The van der Waals surface area contributed by atoms with Gasteiger partial charge in [-0.3, -0.25) is 0 Å². The first-order valence-electron chi connectivity index (χ1n) is 2.04. The Hall–Kier alpha value is -0.280. The minimum Gasteiger partial charge on any atom is -0.411 e. The van der Waals surface area contributed by atoms with Crippen molar-refractivity contribution in [1.29, 1.82) is 0 Å². The van der Waals surface area contributed by atoms with Gasteiger partial charge in [-0.2, -0.15) is 0 Å². The van der Waals surface area contributed by atoms with Crippen LogP contribution in [0.4, 0.5) is 0 Å². The van der Waals surface area contributed by atoms with Crippen molar-refractivity contribution in [2.45, 2.75) is 19.4 Å². The zero-order valence-corrected chi connectivity index (χ0v) is 5.77. The highest BCUT2D eigenvalue weighted by atomic mass is 35.5. The van der Waals surface area contributed by atoms with E-state index in [4.69, 9.17) is 10.9 Å². The molecule has 0 saturated heterocycles. The molecule has 0 bridgehead atoms. The van der Waals surface area contributed by atoms with E-state index in [2.05, 4.69) is 5.16 Å². The van der Waals surface area contributed by atoms with Gasteiger partial charge in [-0.1, -0.05) is 0 Å². The van der Waals surface area contributed by atoms with Gasteiger partial charge in [-0.15, -0.1) is 17.6 Å². The van der Waals surface area contributed by atoms with E-state index in [0.29, 0.717) is 0 Å². The molecule has 0 fully saturated rings. The van der Waals surface area contributed by atoms with Gasteiger partial charge in [-0.05, 0) is 13.8 Å². The summed E-state index contributed by atoms with van der Waals surface area (Å²) in [4.78, 5) is 0. The van der Waals surface area contributed by atoms with Crippen LogP contribution >= 0.6 is 12.4 Å². The summed E-state index contributed by atoms with van der Waals surface area (Å²) >= 11 is 0. The Bertz CT molecular complexity index is 76.6. The van der Waals surface area contributed by atoms with Crippen LogP contribution in [0.3, 0.4) is 0 Å². The number of nitrogens with two attached hydrogens (primary N) is 1. The Morgan fingerprint density at radius 1 is 1.62 bits per heavy atom. The highest BCUT2D eigenvalue weighted by molar-refractivity contribution is 5.85. The lowest BCUT2D eigenvalue weighted by atomic mass is 10.1. The Kier molecular flexibility index (Phi) is 4.91. The van der Waals surface area contributed by atoms with Crippen LogP contribution in [-0.2, 0) is 0 Å². The molecule has 0 heterocycles. The van der Waals surface area contributed by atoms with Crippen LogP contribution < -0.4 is 5.73 Å². The predicted molar refractivity (Wildman–Crippen MR) is 35.8 cm³/mol. The summed E-state index contributed by atoms with van der Waals surface area (Å²) in [5.74, 6) is 0. The monoisotopic (exact) mass is 138 g/mol. The molecule has 0 aromatic rings. The molecule has 0 unspecified atom stereocenters. The molecule has 0 aliphatic rings. The number of halogens is 1. The fourth-order valence-corrected chi connectivity index (χ4v) is 0.149. The summed E-state index contributed by atoms with van der Waals surface area (Å²) in [5, 5.41) is 10.6. The molecule has 0 aromatic carbocycles. The lowest BCUT2D eigenvalue weighted by Crippen LogP contribution is -2.33. The highest BCUT2D eigenvalue weighted by Gasteiger charge is 2.04. The molecule has 0 saturated carbocycles. The molecule has 8 heavy (non-hydrogen) atoms. The third-order valence-electron chi connectivity index (χ3n) is 0.390. The molecule has 50 valence electrons. The van der Waals surface area contributed by atoms with Crippen molar-refractivity contribution in [2.75, 3.05) is 0 Å². The highest BCUT2D eigenvalue weighted by Crippen LogP contribution is 1.87. The van der Waals surface area contributed by atoms with E-state index in [1.54, 1.807) is 13.8 Å². The maximum absolute atomic E-state index is 7.89. The Morgan fingerprint density at radius 3 is 2.00 bits per heavy atom. The molecule has 3 N–H and O–H groups in total. The Morgan fingerprint density at radius 2 is 2.00 bits per heavy atom. The molecule has 0 radical (unpaired) electrons. The van der Waals surface area contributed by atoms with Crippen LogP contribution in [0, 0.1) is 0 Å². The van der Waals surface area contributed by atoms with E-state index in [-0.39, 0.29) is 12.4 Å². The quantitative estimate of drug-likeness (QED) is 0.317. The zero-order chi connectivity index (χ0) is 5.91. The summed E-state index contributed by atoms with van der Waals surface area (Å²) in [6.45, 7) is 3.49. The van der Waals surface area contributed by atoms with Crippen molar-refractivity contribution in [3.8, 4) is 0 Å². The largest absolute Gasteiger partial charge is 0.411 e. The number of hydrogen-bond donors (Lipinski definition) is 2. The van der Waals surface area contributed by atoms with Crippen molar-refractivity contribution in [3.63, 3.8) is 0 Å². The third kappa shape index (κ3) is 9.21. The molecule has 0 aliphatic heterocycles. The second-order valence-corrected chi connectivity index (χ2v) is 2.07. The molecular formula is C4H11ClN2O. The van der Waals surface area contributed by atoms with Gasteiger partial charge >= 0.3 is 0 Å². The van der Waals surface area contributed by atoms with Gasteiger partial charge in [0, 0.05) is 5.54 Å². The number of oxime groups is 1. The summed E-state index contributed by atoms with van der Waals surface area (Å²) in [6.07, 6.45) is 1.27. The van der Waals surface area contributed by atoms with E-state index in [1.807, 2.05) is 0 Å². The molecule has 0 aromatic heterocycles. The van der Waals surface area contributed by atoms with Crippen LogP contribution in [0.2, 0.25) is 0 Å². The van der Waals surface area contributed by atoms with Gasteiger partial charge in [0.05, 0.1) is 6.21 Å². The van der Waals surface area contributed by atoms with Gasteiger partial charge < -0.3 is 10.9 Å². The van der Waals surface area contributed by atoms with E-state index < -0.39 is 5.54 Å². The lowest BCUT2D eigenvalue weighted by molar-refractivity contribution is 0.318. The van der Waals surface area contributed by atoms with Crippen LogP contribution in [0.1, 0.15) is 13.8 Å². The van der Waals surface area contributed by atoms with Crippen molar-refractivity contribution < 1.29 is 5.21 Å². The molecule has 3 nitrogen and oxygen atoms in total. The van der Waals surface area contributed by atoms with Gasteiger partial charge in [0.15, 0.2) is 0 Å². The van der Waals surface area contributed by atoms with Crippen molar-refractivity contribution in [2.24, 2.45) is 10.9 Å². The number of hydrogen-bond acceptors (Lipinski definition) is 3. The average Bonchev–Trinajstić information content (AvgIpc) is 1.30. The second-order valence-electron chi connectivity index (χ2n) is 2.07. The summed E-state index contributed by atoms with van der Waals surface area (Å²) in [6, 6.07) is 0. The van der Waals surface area contributed by atoms with Crippen molar-refractivity contribution >= 4 is 18.6 Å².